The average Bonchev–Trinajstić information content (AvgIpc) is 2.60. The first-order valence-electron chi connectivity index (χ1n) is 7.07. The van der Waals surface area contributed by atoms with Crippen molar-refractivity contribution >= 4 is 23.5 Å². The smallest absolute Gasteiger partial charge is 0.346 e. The molecule has 0 fully saturated rings. The molecule has 2 aromatic carbocycles. The molecule has 0 aliphatic rings. The molecule has 2 rings (SSSR count). The molecule has 0 heterocycles. The molecule has 5 N–H and O–H groups in total. The van der Waals surface area contributed by atoms with Crippen LogP contribution in [0.3, 0.4) is 0 Å². The fourth-order valence-electron chi connectivity index (χ4n) is 2.05. The predicted molar refractivity (Wildman–Crippen MR) is 85.9 cm³/mol. The third kappa shape index (κ3) is 4.40. The summed E-state index contributed by atoms with van der Waals surface area (Å²) in [6.45, 7) is -0.271. The van der Waals surface area contributed by atoms with E-state index in [2.05, 4.69) is 11.1 Å². The Balaban J connectivity index is 2.23. The first-order chi connectivity index (χ1) is 11.9. The number of carboxylic acid groups (broad SMARTS) is 1. The highest BCUT2D eigenvalue weighted by atomic mass is 16.5. The number of carbonyl (C=O) groups excluding carboxylic acids is 2. The second kappa shape index (κ2) is 7.72. The molecule has 2 aromatic rings. The van der Waals surface area contributed by atoms with E-state index >= 15 is 0 Å². The molecule has 2 amide bonds. The van der Waals surface area contributed by atoms with Crippen molar-refractivity contribution in [1.82, 2.24) is 0 Å². The number of ether oxygens (including phenoxy) is 1. The molecule has 0 spiro atoms. The summed E-state index contributed by atoms with van der Waals surface area (Å²) in [5.41, 5.74) is 3.44. The lowest BCUT2D eigenvalue weighted by atomic mass is 10.1. The van der Waals surface area contributed by atoms with Gasteiger partial charge in [-0.25, -0.2) is 9.59 Å². The van der Waals surface area contributed by atoms with Crippen LogP contribution in [-0.4, -0.2) is 29.5 Å². The van der Waals surface area contributed by atoms with Crippen LogP contribution >= 0.6 is 0 Å². The number of amides is 2. The second-order valence-electron chi connectivity index (χ2n) is 4.95. The van der Waals surface area contributed by atoms with Crippen molar-refractivity contribution in [3.05, 3.63) is 59.2 Å². The van der Waals surface area contributed by atoms with Gasteiger partial charge in [-0.2, -0.15) is 5.26 Å². The highest BCUT2D eigenvalue weighted by Gasteiger charge is 2.16. The third-order valence-corrected chi connectivity index (χ3v) is 3.15. The van der Waals surface area contributed by atoms with Gasteiger partial charge < -0.3 is 15.2 Å². The van der Waals surface area contributed by atoms with Crippen molar-refractivity contribution in [3.63, 3.8) is 0 Å². The molecule has 0 radical (unpaired) electrons. The average molecular weight is 340 g/mol. The lowest BCUT2D eigenvalue weighted by Gasteiger charge is -2.10. The molecule has 126 valence electrons. The van der Waals surface area contributed by atoms with Gasteiger partial charge in [-0.3, -0.25) is 10.5 Å². The Morgan fingerprint density at radius 2 is 1.84 bits per heavy atom. The number of nitrogens with zero attached hydrogens (tertiary/aromatic N) is 1. The van der Waals surface area contributed by atoms with Crippen molar-refractivity contribution in [2.45, 2.75) is 0 Å². The predicted octanol–water partition coefficient (Wildman–Crippen LogP) is 0.656. The van der Waals surface area contributed by atoms with Crippen molar-refractivity contribution < 1.29 is 30.0 Å². The van der Waals surface area contributed by atoms with Gasteiger partial charge in [0.15, 0.2) is 0 Å². The Labute approximate surface area is 142 Å². The number of quaternary nitrogens is 1. The van der Waals surface area contributed by atoms with Gasteiger partial charge in [0, 0.05) is 5.69 Å². The normalized spacial score (nSPS) is 9.76. The zero-order chi connectivity index (χ0) is 18.4. The van der Waals surface area contributed by atoms with Crippen molar-refractivity contribution in [3.8, 4) is 11.8 Å². The Morgan fingerprint density at radius 3 is 2.44 bits per heavy atom. The maximum absolute atomic E-state index is 12.3. The zero-order valence-electron chi connectivity index (χ0n) is 13.0. The van der Waals surface area contributed by atoms with Crippen LogP contribution in [0.4, 0.5) is 5.69 Å². The van der Waals surface area contributed by atoms with Gasteiger partial charge >= 0.3 is 11.9 Å². The van der Waals surface area contributed by atoms with Gasteiger partial charge in [0.1, 0.15) is 11.8 Å². The van der Waals surface area contributed by atoms with E-state index in [0.717, 1.165) is 0 Å². The summed E-state index contributed by atoms with van der Waals surface area (Å²) in [4.78, 5) is 34.3. The van der Waals surface area contributed by atoms with Crippen LogP contribution in [-0.2, 0) is 4.79 Å². The number of carbonyl (C=O) groups is 3. The van der Waals surface area contributed by atoms with Crippen molar-refractivity contribution in [1.29, 1.82) is 5.26 Å². The van der Waals surface area contributed by atoms with E-state index < -0.39 is 17.8 Å². The number of carboxylic acids is 1. The number of rotatable bonds is 6. The van der Waals surface area contributed by atoms with Crippen molar-refractivity contribution in [2.24, 2.45) is 0 Å². The Morgan fingerprint density at radius 1 is 1.16 bits per heavy atom. The lowest BCUT2D eigenvalue weighted by Crippen LogP contribution is -2.59. The number of anilines is 1. The molecule has 25 heavy (non-hydrogen) atoms. The molecule has 0 unspecified atom stereocenters. The van der Waals surface area contributed by atoms with Gasteiger partial charge in [-0.05, 0) is 30.3 Å². The molecule has 0 atom stereocenters. The fourth-order valence-corrected chi connectivity index (χ4v) is 2.05. The maximum Gasteiger partial charge on any atom is 0.346 e. The lowest BCUT2D eigenvalue weighted by molar-refractivity contribution is -0.307. The highest BCUT2D eigenvalue weighted by Crippen LogP contribution is 2.23. The van der Waals surface area contributed by atoms with E-state index in [1.807, 2.05) is 6.07 Å². The number of hydrogen-bond donors (Lipinski definition) is 3. The number of benzene rings is 2. The van der Waals surface area contributed by atoms with Crippen LogP contribution in [0.25, 0.3) is 0 Å². The largest absolute Gasteiger partial charge is 0.478 e. The number of aromatic carboxylic acids is 1. The molecular weight excluding hydrogens is 326 g/mol. The van der Waals surface area contributed by atoms with Gasteiger partial charge in [-0.1, -0.05) is 12.1 Å². The zero-order valence-corrected chi connectivity index (χ0v) is 13.0. The minimum Gasteiger partial charge on any atom is -0.478 e. The summed E-state index contributed by atoms with van der Waals surface area (Å²) >= 11 is 0. The fraction of sp³-hybridized carbons (Fsp3) is 0.0588. The summed E-state index contributed by atoms with van der Waals surface area (Å²) in [6, 6.07) is 12.0. The second-order valence-corrected chi connectivity index (χ2v) is 4.95. The molecule has 0 saturated heterocycles. The van der Waals surface area contributed by atoms with E-state index in [4.69, 9.17) is 15.1 Å². The van der Waals surface area contributed by atoms with E-state index in [9.17, 15) is 14.4 Å². The van der Waals surface area contributed by atoms with Gasteiger partial charge in [0.25, 0.3) is 5.91 Å². The summed E-state index contributed by atoms with van der Waals surface area (Å²) in [6.07, 6.45) is 0. The summed E-state index contributed by atoms with van der Waals surface area (Å²) < 4.78 is 5.16. The van der Waals surface area contributed by atoms with Crippen LogP contribution in [0.15, 0.2) is 42.5 Å². The van der Waals surface area contributed by atoms with Gasteiger partial charge in [-0.15, -0.1) is 0 Å². The maximum atomic E-state index is 12.3. The SMILES string of the molecule is N#Cc1cc(NC(=O)c2ccccc2C(=O)O)ccc1OCC([NH3+])=O. The first-order valence-corrected chi connectivity index (χ1v) is 7.07. The van der Waals surface area contributed by atoms with Crippen LogP contribution in [0, 0.1) is 11.3 Å². The van der Waals surface area contributed by atoms with E-state index in [-0.39, 0.29) is 34.7 Å². The van der Waals surface area contributed by atoms with Gasteiger partial charge in [0.05, 0.1) is 16.7 Å². The van der Waals surface area contributed by atoms with Gasteiger partial charge in [0.2, 0.25) is 6.61 Å². The molecule has 0 aliphatic heterocycles. The third-order valence-electron chi connectivity index (χ3n) is 3.15. The Hall–Kier alpha value is -3.70. The summed E-state index contributed by atoms with van der Waals surface area (Å²) in [5, 5.41) is 20.8. The number of nitrogens with one attached hydrogen (secondary N) is 1. The number of hydrogen-bond acceptors (Lipinski definition) is 5. The molecule has 8 heteroatoms. The van der Waals surface area contributed by atoms with Crippen LogP contribution in [0.5, 0.6) is 5.75 Å². The van der Waals surface area contributed by atoms with Crippen molar-refractivity contribution in [2.75, 3.05) is 11.9 Å². The highest BCUT2D eigenvalue weighted by molar-refractivity contribution is 6.10. The topological polar surface area (TPSA) is 144 Å². The summed E-state index contributed by atoms with van der Waals surface area (Å²) in [5.74, 6) is -2.09. The van der Waals surface area contributed by atoms with Crippen LogP contribution in [0.2, 0.25) is 0 Å². The van der Waals surface area contributed by atoms with E-state index in [0.29, 0.717) is 0 Å². The molecule has 0 bridgehead atoms. The summed E-state index contributed by atoms with van der Waals surface area (Å²) in [7, 11) is 0. The molecule has 0 aliphatic carbocycles. The molecular formula is C17H14N3O5+. The molecule has 0 saturated carbocycles. The first kappa shape index (κ1) is 17.7. The standard InChI is InChI=1S/C17H13N3O5/c18-8-10-7-11(5-6-14(10)25-9-15(19)21)20-16(22)12-3-1-2-4-13(12)17(23)24/h1-7H,9H2,(H2,19,21)(H,20,22)(H,23,24)/p+1. The molecule has 0 aromatic heterocycles. The Kier molecular flexibility index (Phi) is 5.45. The number of nitriles is 1. The quantitative estimate of drug-likeness (QED) is 0.704. The van der Waals surface area contributed by atoms with E-state index in [1.54, 1.807) is 6.07 Å². The Bertz CT molecular complexity index is 886. The van der Waals surface area contributed by atoms with E-state index in [1.165, 1.54) is 36.4 Å². The van der Waals surface area contributed by atoms with Crippen LogP contribution in [0.1, 0.15) is 26.3 Å². The monoisotopic (exact) mass is 340 g/mol. The van der Waals surface area contributed by atoms with Crippen LogP contribution < -0.4 is 15.8 Å². The molecule has 8 nitrogen and oxygen atoms in total. The minimum absolute atomic E-state index is 0.00325. The minimum atomic E-state index is -1.22.